The topological polar surface area (TPSA) is 28.7 Å². The third-order valence-electron chi connectivity index (χ3n) is 1.97. The molecule has 0 radical (unpaired) electrons. The zero-order valence-electron chi connectivity index (χ0n) is 8.06. The van der Waals surface area contributed by atoms with Gasteiger partial charge in [0.1, 0.15) is 5.82 Å². The Kier molecular flexibility index (Phi) is 3.85. The number of H-pyrrole nitrogens is 1. The van der Waals surface area contributed by atoms with E-state index in [2.05, 4.69) is 23.8 Å². The lowest BCUT2D eigenvalue weighted by atomic mass is 10.2. The smallest absolute Gasteiger partial charge is 0.106 e. The number of nitrogens with zero attached hydrogens (tertiary/aromatic N) is 1. The van der Waals surface area contributed by atoms with E-state index < -0.39 is 0 Å². The first-order valence-electron chi connectivity index (χ1n) is 4.89. The quantitative estimate of drug-likeness (QED) is 0.715. The van der Waals surface area contributed by atoms with Crippen LogP contribution in [-0.4, -0.2) is 9.97 Å². The fourth-order valence-corrected chi connectivity index (χ4v) is 1.26. The first-order valence-corrected chi connectivity index (χ1v) is 4.89. The average Bonchev–Trinajstić information content (AvgIpc) is 2.50. The maximum atomic E-state index is 4.30. The van der Waals surface area contributed by atoms with Crippen LogP contribution < -0.4 is 0 Å². The first kappa shape index (κ1) is 9.30. The predicted molar refractivity (Wildman–Crippen MR) is 51.2 cm³/mol. The van der Waals surface area contributed by atoms with E-state index in [1.165, 1.54) is 25.0 Å². The number of aromatic nitrogens is 2. The molecule has 0 bridgehead atoms. The van der Waals surface area contributed by atoms with Crippen LogP contribution in [-0.2, 0) is 12.8 Å². The Morgan fingerprint density at radius 3 is 2.75 bits per heavy atom. The van der Waals surface area contributed by atoms with E-state index in [-0.39, 0.29) is 0 Å². The number of aryl methyl sites for hydroxylation is 2. The largest absolute Gasteiger partial charge is 0.346 e. The van der Waals surface area contributed by atoms with Crippen LogP contribution in [0.1, 0.15) is 44.6 Å². The van der Waals surface area contributed by atoms with E-state index in [9.17, 15) is 0 Å². The van der Waals surface area contributed by atoms with Gasteiger partial charge in [-0.15, -0.1) is 0 Å². The highest BCUT2D eigenvalue weighted by molar-refractivity contribution is 5.01. The highest BCUT2D eigenvalue weighted by Gasteiger charge is 1.98. The Balaban J connectivity index is 2.41. The lowest BCUT2D eigenvalue weighted by Crippen LogP contribution is -1.87. The van der Waals surface area contributed by atoms with Crippen molar-refractivity contribution in [1.82, 2.24) is 9.97 Å². The molecule has 2 nitrogen and oxygen atoms in total. The van der Waals surface area contributed by atoms with Crippen molar-refractivity contribution in [2.75, 3.05) is 0 Å². The molecule has 0 aromatic carbocycles. The summed E-state index contributed by atoms with van der Waals surface area (Å²) in [7, 11) is 0. The summed E-state index contributed by atoms with van der Waals surface area (Å²) >= 11 is 0. The summed E-state index contributed by atoms with van der Waals surface area (Å²) in [5, 5.41) is 0. The van der Waals surface area contributed by atoms with Crippen molar-refractivity contribution in [3.05, 3.63) is 17.7 Å². The third-order valence-corrected chi connectivity index (χ3v) is 1.97. The number of unbranched alkanes of at least 4 members (excludes halogenated alkanes) is 1. The van der Waals surface area contributed by atoms with Gasteiger partial charge in [-0.2, -0.15) is 0 Å². The molecule has 1 N–H and O–H groups in total. The van der Waals surface area contributed by atoms with Gasteiger partial charge in [0.05, 0.1) is 0 Å². The number of hydrogen-bond acceptors (Lipinski definition) is 1. The fourth-order valence-electron chi connectivity index (χ4n) is 1.26. The normalized spacial score (nSPS) is 10.5. The van der Waals surface area contributed by atoms with Crippen molar-refractivity contribution < 1.29 is 0 Å². The second-order valence-corrected chi connectivity index (χ2v) is 3.21. The van der Waals surface area contributed by atoms with Crippen molar-refractivity contribution in [2.24, 2.45) is 0 Å². The summed E-state index contributed by atoms with van der Waals surface area (Å²) < 4.78 is 0. The summed E-state index contributed by atoms with van der Waals surface area (Å²) in [6.07, 6.45) is 7.87. The van der Waals surface area contributed by atoms with Crippen LogP contribution in [0.4, 0.5) is 0 Å². The molecule has 1 rings (SSSR count). The van der Waals surface area contributed by atoms with E-state index in [0.717, 1.165) is 18.7 Å². The minimum absolute atomic E-state index is 1.08. The van der Waals surface area contributed by atoms with Gasteiger partial charge in [-0.25, -0.2) is 4.98 Å². The molecule has 68 valence electrons. The molecular weight excluding hydrogens is 148 g/mol. The van der Waals surface area contributed by atoms with Gasteiger partial charge in [0.25, 0.3) is 0 Å². The fraction of sp³-hybridized carbons (Fsp3) is 0.700. The van der Waals surface area contributed by atoms with Crippen LogP contribution in [0.3, 0.4) is 0 Å². The number of nitrogens with one attached hydrogen (secondary N) is 1. The SMILES string of the molecule is CCCCc1cnc(CCC)[nH]1. The van der Waals surface area contributed by atoms with Crippen molar-refractivity contribution in [1.29, 1.82) is 0 Å². The number of imidazole rings is 1. The molecule has 12 heavy (non-hydrogen) atoms. The van der Waals surface area contributed by atoms with E-state index >= 15 is 0 Å². The highest BCUT2D eigenvalue weighted by Crippen LogP contribution is 2.03. The first-order chi connectivity index (χ1) is 5.86. The molecule has 0 atom stereocenters. The maximum absolute atomic E-state index is 4.30. The standard InChI is InChI=1S/C10H18N2/c1-3-5-7-9-8-11-10(12-9)6-4-2/h8H,3-7H2,1-2H3,(H,11,12). The van der Waals surface area contributed by atoms with Gasteiger partial charge >= 0.3 is 0 Å². The van der Waals surface area contributed by atoms with Gasteiger partial charge in [-0.05, 0) is 19.3 Å². The second kappa shape index (κ2) is 4.96. The van der Waals surface area contributed by atoms with Gasteiger partial charge in [-0.1, -0.05) is 20.3 Å². The van der Waals surface area contributed by atoms with E-state index in [4.69, 9.17) is 0 Å². The van der Waals surface area contributed by atoms with Crippen molar-refractivity contribution in [3.8, 4) is 0 Å². The molecule has 0 fully saturated rings. The Bertz CT molecular complexity index is 215. The molecule has 0 aliphatic rings. The van der Waals surface area contributed by atoms with Crippen LogP contribution >= 0.6 is 0 Å². The van der Waals surface area contributed by atoms with Gasteiger partial charge in [0.2, 0.25) is 0 Å². The van der Waals surface area contributed by atoms with E-state index in [1.807, 2.05) is 6.20 Å². The molecule has 1 heterocycles. The minimum Gasteiger partial charge on any atom is -0.346 e. The number of aromatic amines is 1. The average molecular weight is 166 g/mol. The molecule has 0 unspecified atom stereocenters. The van der Waals surface area contributed by atoms with Crippen LogP contribution in [0.15, 0.2) is 6.20 Å². The van der Waals surface area contributed by atoms with Crippen molar-refractivity contribution in [3.63, 3.8) is 0 Å². The Morgan fingerprint density at radius 1 is 1.25 bits per heavy atom. The Hall–Kier alpha value is -0.790. The molecule has 0 amide bonds. The molecular formula is C10H18N2. The van der Waals surface area contributed by atoms with Crippen LogP contribution in [0.5, 0.6) is 0 Å². The van der Waals surface area contributed by atoms with Crippen LogP contribution in [0, 0.1) is 0 Å². The summed E-state index contributed by atoms with van der Waals surface area (Å²) in [5.74, 6) is 1.14. The lowest BCUT2D eigenvalue weighted by Gasteiger charge is -1.93. The third kappa shape index (κ3) is 2.68. The Morgan fingerprint density at radius 2 is 2.08 bits per heavy atom. The van der Waals surface area contributed by atoms with Gasteiger partial charge in [0.15, 0.2) is 0 Å². The van der Waals surface area contributed by atoms with Gasteiger partial charge < -0.3 is 4.98 Å². The molecule has 1 aromatic rings. The van der Waals surface area contributed by atoms with Crippen molar-refractivity contribution >= 4 is 0 Å². The summed E-state index contributed by atoms with van der Waals surface area (Å²) in [6, 6.07) is 0. The van der Waals surface area contributed by atoms with E-state index in [1.54, 1.807) is 0 Å². The molecule has 1 aromatic heterocycles. The zero-order valence-corrected chi connectivity index (χ0v) is 8.06. The maximum Gasteiger partial charge on any atom is 0.106 e. The van der Waals surface area contributed by atoms with Crippen LogP contribution in [0.25, 0.3) is 0 Å². The molecule has 0 saturated carbocycles. The number of rotatable bonds is 5. The molecule has 0 spiro atoms. The molecule has 0 aliphatic carbocycles. The molecule has 0 saturated heterocycles. The predicted octanol–water partition coefficient (Wildman–Crippen LogP) is 2.70. The monoisotopic (exact) mass is 166 g/mol. The summed E-state index contributed by atoms with van der Waals surface area (Å²) in [5.41, 5.74) is 1.29. The summed E-state index contributed by atoms with van der Waals surface area (Å²) in [6.45, 7) is 4.39. The Labute approximate surface area is 74.4 Å². The van der Waals surface area contributed by atoms with Gasteiger partial charge in [0, 0.05) is 18.3 Å². The zero-order chi connectivity index (χ0) is 8.81. The minimum atomic E-state index is 1.08. The lowest BCUT2D eigenvalue weighted by molar-refractivity contribution is 0.773. The summed E-state index contributed by atoms with van der Waals surface area (Å²) in [4.78, 5) is 7.64. The number of hydrogen-bond donors (Lipinski definition) is 1. The van der Waals surface area contributed by atoms with Crippen LogP contribution in [0.2, 0.25) is 0 Å². The second-order valence-electron chi connectivity index (χ2n) is 3.21. The van der Waals surface area contributed by atoms with E-state index in [0.29, 0.717) is 0 Å². The highest BCUT2D eigenvalue weighted by atomic mass is 14.9. The van der Waals surface area contributed by atoms with Crippen molar-refractivity contribution in [2.45, 2.75) is 46.0 Å². The van der Waals surface area contributed by atoms with Gasteiger partial charge in [-0.3, -0.25) is 0 Å². The molecule has 0 aliphatic heterocycles. The molecule has 2 heteroatoms.